The third-order valence-electron chi connectivity index (χ3n) is 4.57. The van der Waals surface area contributed by atoms with Crippen molar-refractivity contribution in [1.29, 1.82) is 0 Å². The van der Waals surface area contributed by atoms with E-state index in [1.54, 1.807) is 17.1 Å². The molecule has 1 aliphatic rings. The monoisotopic (exact) mass is 443 g/mol. The fraction of sp³-hybridized carbons (Fsp3) is 0.476. The molecule has 172 valence electrons. The number of nitrogens with zero attached hydrogens (tertiary/aromatic N) is 1. The number of nitrogens with one attached hydrogen (secondary N) is 1. The summed E-state index contributed by atoms with van der Waals surface area (Å²) in [4.78, 5) is 35.1. The van der Waals surface area contributed by atoms with E-state index in [4.69, 9.17) is 15.6 Å². The molecule has 1 aromatic carbocycles. The van der Waals surface area contributed by atoms with Gasteiger partial charge >= 0.3 is 12.1 Å². The first-order valence-electron chi connectivity index (χ1n) is 9.94. The molecule has 0 saturated heterocycles. The Hall–Kier alpha value is -2.88. The average Bonchev–Trinajstić information content (AvgIpc) is 3.15. The molecule has 0 unspecified atom stereocenters. The predicted octanol–water partition coefficient (Wildman–Crippen LogP) is 2.79. The van der Waals surface area contributed by atoms with Crippen molar-refractivity contribution >= 4 is 23.5 Å². The minimum atomic E-state index is -5.08. The Morgan fingerprint density at radius 3 is 2.42 bits per heavy atom. The topological polar surface area (TPSA) is 113 Å². The highest BCUT2D eigenvalue weighted by molar-refractivity contribution is 6.03. The molecule has 31 heavy (non-hydrogen) atoms. The largest absolute Gasteiger partial charge is 0.490 e. The van der Waals surface area contributed by atoms with Crippen LogP contribution in [-0.2, 0) is 20.8 Å². The second-order valence-electron chi connectivity index (χ2n) is 6.95. The SMILES string of the molecule is CCC[C@@H](/C=C/C(=O)N1CCc2ccccc21)NC(=O)[C@@H](N)CC.O=C(O)C(F)(F)F. The van der Waals surface area contributed by atoms with Crippen LogP contribution in [0, 0.1) is 0 Å². The number of hydrogen-bond donors (Lipinski definition) is 3. The van der Waals surface area contributed by atoms with Gasteiger partial charge in [-0.1, -0.05) is 44.5 Å². The summed E-state index contributed by atoms with van der Waals surface area (Å²) in [6, 6.07) is 7.30. The van der Waals surface area contributed by atoms with E-state index >= 15 is 0 Å². The lowest BCUT2D eigenvalue weighted by Crippen LogP contribution is -2.44. The van der Waals surface area contributed by atoms with Crippen molar-refractivity contribution in [2.45, 2.75) is 57.8 Å². The molecule has 7 nitrogen and oxygen atoms in total. The molecule has 0 radical (unpaired) electrons. The molecule has 2 rings (SSSR count). The summed E-state index contributed by atoms with van der Waals surface area (Å²) in [5, 5.41) is 10.0. The molecule has 1 aromatic rings. The lowest BCUT2D eigenvalue weighted by Gasteiger charge is -2.18. The molecule has 1 aliphatic heterocycles. The number of aliphatic carboxylic acids is 1. The van der Waals surface area contributed by atoms with Crippen molar-refractivity contribution < 1.29 is 32.7 Å². The zero-order valence-corrected chi connectivity index (χ0v) is 17.5. The number of carboxylic acid groups (broad SMARTS) is 1. The molecule has 4 N–H and O–H groups in total. The van der Waals surface area contributed by atoms with Gasteiger partial charge in [-0.2, -0.15) is 13.2 Å². The van der Waals surface area contributed by atoms with Crippen LogP contribution in [0.15, 0.2) is 36.4 Å². The van der Waals surface area contributed by atoms with Crippen LogP contribution in [0.5, 0.6) is 0 Å². The van der Waals surface area contributed by atoms with Crippen LogP contribution in [0.1, 0.15) is 38.7 Å². The number of hydrogen-bond acceptors (Lipinski definition) is 4. The lowest BCUT2D eigenvalue weighted by atomic mass is 10.1. The number of rotatable bonds is 7. The van der Waals surface area contributed by atoms with Gasteiger partial charge in [-0.3, -0.25) is 9.59 Å². The summed E-state index contributed by atoms with van der Waals surface area (Å²) in [6.45, 7) is 4.63. The molecule has 0 aromatic heterocycles. The number of nitrogens with two attached hydrogens (primary N) is 1. The second-order valence-corrected chi connectivity index (χ2v) is 6.95. The number of carbonyl (C=O) groups is 3. The first-order chi connectivity index (χ1) is 14.5. The molecule has 2 atom stereocenters. The summed E-state index contributed by atoms with van der Waals surface area (Å²) in [7, 11) is 0. The fourth-order valence-corrected chi connectivity index (χ4v) is 2.86. The average molecular weight is 443 g/mol. The zero-order chi connectivity index (χ0) is 23.6. The standard InChI is InChI=1S/C19H27N3O2.C2HF3O2/c1-3-7-15(21-19(24)16(20)4-2)10-11-18(23)22-13-12-14-8-5-6-9-17(14)22;3-2(4,5)1(6)7/h5-6,8-11,15-16H,3-4,7,12-13,20H2,1-2H3,(H,21,24);(H,6,7)/b11-10+;/t15-,16-;/m0./s1. The van der Waals surface area contributed by atoms with Crippen LogP contribution >= 0.6 is 0 Å². The van der Waals surface area contributed by atoms with Crippen molar-refractivity contribution in [3.8, 4) is 0 Å². The first kappa shape index (κ1) is 26.2. The third kappa shape index (κ3) is 8.41. The Kier molecular flexibility index (Phi) is 10.2. The zero-order valence-electron chi connectivity index (χ0n) is 17.5. The van der Waals surface area contributed by atoms with E-state index in [1.807, 2.05) is 32.0 Å². The number of anilines is 1. The fourth-order valence-electron chi connectivity index (χ4n) is 2.86. The summed E-state index contributed by atoms with van der Waals surface area (Å²) in [6.07, 6.45) is 1.45. The van der Waals surface area contributed by atoms with Gasteiger partial charge in [-0.15, -0.1) is 0 Å². The lowest BCUT2D eigenvalue weighted by molar-refractivity contribution is -0.192. The van der Waals surface area contributed by atoms with Crippen molar-refractivity contribution in [3.05, 3.63) is 42.0 Å². The second kappa shape index (κ2) is 12.1. The number of para-hydroxylation sites is 1. The highest BCUT2D eigenvalue weighted by atomic mass is 19.4. The highest BCUT2D eigenvalue weighted by Gasteiger charge is 2.38. The van der Waals surface area contributed by atoms with Gasteiger partial charge in [0.25, 0.3) is 5.91 Å². The van der Waals surface area contributed by atoms with E-state index in [-0.39, 0.29) is 17.9 Å². The summed E-state index contributed by atoms with van der Waals surface area (Å²) in [5.74, 6) is -2.97. The number of carbonyl (C=O) groups excluding carboxylic acids is 2. The summed E-state index contributed by atoms with van der Waals surface area (Å²) >= 11 is 0. The normalized spacial score (nSPS) is 15.0. The number of halogens is 3. The Labute approximate surface area is 179 Å². The molecular formula is C21H28F3N3O4. The number of alkyl halides is 3. The van der Waals surface area contributed by atoms with E-state index in [2.05, 4.69) is 11.4 Å². The van der Waals surface area contributed by atoms with Gasteiger partial charge in [-0.25, -0.2) is 4.79 Å². The number of carboxylic acids is 1. The maximum absolute atomic E-state index is 12.5. The Balaban J connectivity index is 0.000000592. The molecular weight excluding hydrogens is 415 g/mol. The quantitative estimate of drug-likeness (QED) is 0.561. The van der Waals surface area contributed by atoms with Crippen molar-refractivity contribution in [1.82, 2.24) is 5.32 Å². The van der Waals surface area contributed by atoms with E-state index < -0.39 is 18.2 Å². The van der Waals surface area contributed by atoms with Crippen molar-refractivity contribution in [3.63, 3.8) is 0 Å². The predicted molar refractivity (Wildman–Crippen MR) is 110 cm³/mol. The molecule has 0 fully saturated rings. The molecule has 0 aliphatic carbocycles. The Bertz CT molecular complexity index is 796. The van der Waals surface area contributed by atoms with E-state index in [0.29, 0.717) is 13.0 Å². The number of amides is 2. The molecule has 2 amide bonds. The van der Waals surface area contributed by atoms with Crippen molar-refractivity contribution in [2.24, 2.45) is 5.73 Å². The van der Waals surface area contributed by atoms with E-state index in [9.17, 15) is 22.8 Å². The summed E-state index contributed by atoms with van der Waals surface area (Å²) in [5.41, 5.74) is 7.94. The Morgan fingerprint density at radius 1 is 1.26 bits per heavy atom. The first-order valence-corrected chi connectivity index (χ1v) is 9.94. The van der Waals surface area contributed by atoms with Gasteiger partial charge in [-0.05, 0) is 30.9 Å². The van der Waals surface area contributed by atoms with Gasteiger partial charge in [0.05, 0.1) is 6.04 Å². The van der Waals surface area contributed by atoms with Gasteiger partial charge < -0.3 is 21.1 Å². The minimum absolute atomic E-state index is 0.0462. The Morgan fingerprint density at radius 2 is 1.87 bits per heavy atom. The van der Waals surface area contributed by atoms with Crippen LogP contribution in [0.25, 0.3) is 0 Å². The molecule has 0 bridgehead atoms. The van der Waals surface area contributed by atoms with E-state index in [1.165, 1.54) is 5.56 Å². The smallest absolute Gasteiger partial charge is 0.475 e. The number of benzene rings is 1. The van der Waals surface area contributed by atoms with Gasteiger partial charge in [0.2, 0.25) is 5.91 Å². The van der Waals surface area contributed by atoms with Crippen LogP contribution < -0.4 is 16.0 Å². The maximum atomic E-state index is 12.5. The van der Waals surface area contributed by atoms with Gasteiger partial charge in [0.1, 0.15) is 0 Å². The minimum Gasteiger partial charge on any atom is -0.475 e. The molecule has 1 heterocycles. The third-order valence-corrected chi connectivity index (χ3v) is 4.57. The van der Waals surface area contributed by atoms with Crippen LogP contribution in [0.3, 0.4) is 0 Å². The maximum Gasteiger partial charge on any atom is 0.490 e. The molecule has 0 saturated carbocycles. The molecule has 0 spiro atoms. The van der Waals surface area contributed by atoms with Gasteiger partial charge in [0.15, 0.2) is 0 Å². The van der Waals surface area contributed by atoms with Crippen LogP contribution in [0.4, 0.5) is 18.9 Å². The van der Waals surface area contributed by atoms with Gasteiger partial charge in [0, 0.05) is 24.4 Å². The molecule has 10 heteroatoms. The number of fused-ring (bicyclic) bond motifs is 1. The highest BCUT2D eigenvalue weighted by Crippen LogP contribution is 2.27. The van der Waals surface area contributed by atoms with Crippen LogP contribution in [-0.4, -0.2) is 47.7 Å². The van der Waals surface area contributed by atoms with Crippen LogP contribution in [0.2, 0.25) is 0 Å². The van der Waals surface area contributed by atoms with Crippen molar-refractivity contribution in [2.75, 3.05) is 11.4 Å². The summed E-state index contributed by atoms with van der Waals surface area (Å²) < 4.78 is 31.7. The van der Waals surface area contributed by atoms with E-state index in [0.717, 1.165) is 24.9 Å².